The van der Waals surface area contributed by atoms with Crippen LogP contribution in [0.5, 0.6) is 0 Å². The van der Waals surface area contributed by atoms with Gasteiger partial charge in [-0.3, -0.25) is 9.48 Å². The summed E-state index contributed by atoms with van der Waals surface area (Å²) in [4.78, 5) is 26.3. The molecule has 1 aliphatic heterocycles. The molecule has 1 unspecified atom stereocenters. The highest BCUT2D eigenvalue weighted by molar-refractivity contribution is 6.42. The molecule has 1 atom stereocenters. The molecule has 160 valence electrons. The van der Waals surface area contributed by atoms with Crippen LogP contribution in [0.1, 0.15) is 27.7 Å². The minimum absolute atomic E-state index is 0.139. The third-order valence-corrected chi connectivity index (χ3v) is 6.22. The van der Waals surface area contributed by atoms with E-state index in [4.69, 9.17) is 57.9 Å². The summed E-state index contributed by atoms with van der Waals surface area (Å²) in [6, 6.07) is 8.36. The SMILES string of the molecule is NC(=O)c1c(-c2cc(Cl)cc(Cl)c2)nn2c1C(c1ccc(Cl)c(Cl)c1)N(C(N)=O)CC2. The van der Waals surface area contributed by atoms with Crippen LogP contribution in [0.3, 0.4) is 0 Å². The van der Waals surface area contributed by atoms with Crippen LogP contribution >= 0.6 is 46.4 Å². The Kier molecular flexibility index (Phi) is 5.79. The van der Waals surface area contributed by atoms with E-state index < -0.39 is 18.0 Å². The first-order valence-electron chi connectivity index (χ1n) is 9.05. The third-order valence-electron chi connectivity index (χ3n) is 5.04. The molecule has 2 aromatic carbocycles. The van der Waals surface area contributed by atoms with Gasteiger partial charge in [-0.05, 0) is 35.9 Å². The Labute approximate surface area is 197 Å². The van der Waals surface area contributed by atoms with Gasteiger partial charge in [0.25, 0.3) is 5.91 Å². The zero-order valence-corrected chi connectivity index (χ0v) is 18.8. The molecule has 0 saturated carbocycles. The Morgan fingerprint density at radius 3 is 2.19 bits per heavy atom. The van der Waals surface area contributed by atoms with Crippen molar-refractivity contribution in [3.8, 4) is 11.3 Å². The predicted octanol–water partition coefficient (Wildman–Crippen LogP) is 4.75. The van der Waals surface area contributed by atoms with E-state index in [0.29, 0.717) is 49.2 Å². The van der Waals surface area contributed by atoms with Gasteiger partial charge in [-0.25, -0.2) is 4.79 Å². The lowest BCUT2D eigenvalue weighted by Gasteiger charge is -2.35. The molecule has 4 rings (SSSR count). The Bertz CT molecular complexity index is 1210. The molecule has 3 aromatic rings. The van der Waals surface area contributed by atoms with E-state index in [1.54, 1.807) is 41.1 Å². The largest absolute Gasteiger partial charge is 0.365 e. The number of hydrogen-bond donors (Lipinski definition) is 2. The van der Waals surface area contributed by atoms with Crippen LogP contribution in [0, 0.1) is 0 Å². The number of benzene rings is 2. The van der Waals surface area contributed by atoms with Crippen molar-refractivity contribution in [1.82, 2.24) is 14.7 Å². The van der Waals surface area contributed by atoms with E-state index in [1.165, 1.54) is 4.90 Å². The number of carbonyl (C=O) groups is 2. The predicted molar refractivity (Wildman–Crippen MR) is 121 cm³/mol. The number of fused-ring (bicyclic) bond motifs is 1. The lowest BCUT2D eigenvalue weighted by Crippen LogP contribution is -2.46. The molecular weight excluding hydrogens is 484 g/mol. The first-order valence-corrected chi connectivity index (χ1v) is 10.6. The van der Waals surface area contributed by atoms with Crippen LogP contribution in [0.15, 0.2) is 36.4 Å². The molecule has 4 N–H and O–H groups in total. The number of primary amides is 2. The Morgan fingerprint density at radius 1 is 0.935 bits per heavy atom. The molecular formula is C20H15Cl4N5O2. The number of hydrogen-bond acceptors (Lipinski definition) is 3. The normalized spacial score (nSPS) is 15.6. The second-order valence-electron chi connectivity index (χ2n) is 6.96. The van der Waals surface area contributed by atoms with Crippen LogP contribution in [0.2, 0.25) is 20.1 Å². The number of aromatic nitrogens is 2. The maximum atomic E-state index is 12.6. The highest BCUT2D eigenvalue weighted by atomic mass is 35.5. The molecule has 1 aromatic heterocycles. The monoisotopic (exact) mass is 497 g/mol. The van der Waals surface area contributed by atoms with Crippen LogP contribution in [-0.2, 0) is 6.54 Å². The van der Waals surface area contributed by atoms with Crippen molar-refractivity contribution in [2.75, 3.05) is 6.54 Å². The standard InChI is InChI=1S/C20H15Cl4N5O2/c21-11-5-10(6-12(22)8-11)16-15(19(25)30)18-17(9-1-2-13(23)14(24)7-9)28(20(26)31)3-4-29(18)27-16/h1-2,5-8,17H,3-4H2,(H2,25,30)(H2,26,31). The van der Waals surface area contributed by atoms with Crippen LogP contribution in [0.25, 0.3) is 11.3 Å². The number of amides is 3. The molecule has 2 heterocycles. The second kappa shape index (κ2) is 8.24. The van der Waals surface area contributed by atoms with Crippen molar-refractivity contribution >= 4 is 58.3 Å². The zero-order chi connectivity index (χ0) is 22.4. The summed E-state index contributed by atoms with van der Waals surface area (Å²) in [5.74, 6) is -0.719. The van der Waals surface area contributed by atoms with E-state index in [9.17, 15) is 9.59 Å². The van der Waals surface area contributed by atoms with Gasteiger partial charge in [0.05, 0.1) is 27.8 Å². The van der Waals surface area contributed by atoms with Gasteiger partial charge in [0, 0.05) is 22.2 Å². The summed E-state index contributed by atoms with van der Waals surface area (Å²) in [7, 11) is 0. The van der Waals surface area contributed by atoms with Gasteiger partial charge in [-0.2, -0.15) is 5.10 Å². The van der Waals surface area contributed by atoms with Gasteiger partial charge in [0.2, 0.25) is 0 Å². The molecule has 0 radical (unpaired) electrons. The van der Waals surface area contributed by atoms with Gasteiger partial charge >= 0.3 is 6.03 Å². The first kappa shape index (κ1) is 21.8. The molecule has 0 spiro atoms. The maximum Gasteiger partial charge on any atom is 0.315 e. The van der Waals surface area contributed by atoms with Crippen LogP contribution < -0.4 is 11.5 Å². The van der Waals surface area contributed by atoms with Gasteiger partial charge in [0.15, 0.2) is 0 Å². The molecule has 0 bridgehead atoms. The number of carbonyl (C=O) groups excluding carboxylic acids is 2. The zero-order valence-electron chi connectivity index (χ0n) is 15.8. The highest BCUT2D eigenvalue weighted by Gasteiger charge is 2.38. The molecule has 7 nitrogen and oxygen atoms in total. The molecule has 1 aliphatic rings. The summed E-state index contributed by atoms with van der Waals surface area (Å²) in [5.41, 5.74) is 13.4. The Hall–Kier alpha value is -2.45. The highest BCUT2D eigenvalue weighted by Crippen LogP contribution is 2.40. The molecule has 3 amide bonds. The fourth-order valence-corrected chi connectivity index (χ4v) is 4.63. The summed E-state index contributed by atoms with van der Waals surface area (Å²) in [5, 5.41) is 6.00. The average molecular weight is 499 g/mol. The van der Waals surface area contributed by atoms with E-state index in [-0.39, 0.29) is 12.1 Å². The minimum atomic E-state index is -0.751. The Balaban J connectivity index is 2.00. The van der Waals surface area contributed by atoms with Crippen LogP contribution in [0.4, 0.5) is 4.79 Å². The van der Waals surface area contributed by atoms with Crippen molar-refractivity contribution in [1.29, 1.82) is 0 Å². The number of rotatable bonds is 3. The molecule has 31 heavy (non-hydrogen) atoms. The summed E-state index contributed by atoms with van der Waals surface area (Å²) in [6.07, 6.45) is 0. The lowest BCUT2D eigenvalue weighted by molar-refractivity contribution is 0.0995. The number of nitrogens with zero attached hydrogens (tertiary/aromatic N) is 3. The van der Waals surface area contributed by atoms with Gasteiger partial charge < -0.3 is 16.4 Å². The number of halogens is 4. The van der Waals surface area contributed by atoms with Gasteiger partial charge in [-0.15, -0.1) is 0 Å². The first-order chi connectivity index (χ1) is 14.7. The maximum absolute atomic E-state index is 12.6. The molecule has 0 saturated heterocycles. The third kappa shape index (κ3) is 3.94. The van der Waals surface area contributed by atoms with E-state index >= 15 is 0 Å². The smallest absolute Gasteiger partial charge is 0.315 e. The van der Waals surface area contributed by atoms with Gasteiger partial charge in [0.1, 0.15) is 11.7 Å². The molecule has 0 aliphatic carbocycles. The van der Waals surface area contributed by atoms with E-state index in [1.807, 2.05) is 0 Å². The number of nitrogens with two attached hydrogens (primary N) is 2. The van der Waals surface area contributed by atoms with Crippen molar-refractivity contribution in [3.63, 3.8) is 0 Å². The average Bonchev–Trinajstić information content (AvgIpc) is 3.08. The van der Waals surface area contributed by atoms with Crippen molar-refractivity contribution in [2.45, 2.75) is 12.6 Å². The van der Waals surface area contributed by atoms with E-state index in [0.717, 1.165) is 0 Å². The molecule has 11 heteroatoms. The van der Waals surface area contributed by atoms with Crippen LogP contribution in [-0.4, -0.2) is 33.2 Å². The van der Waals surface area contributed by atoms with E-state index in [2.05, 4.69) is 5.10 Å². The fraction of sp³-hybridized carbons (Fsp3) is 0.150. The topological polar surface area (TPSA) is 107 Å². The van der Waals surface area contributed by atoms with Gasteiger partial charge in [-0.1, -0.05) is 52.5 Å². The fourth-order valence-electron chi connectivity index (χ4n) is 3.80. The quantitative estimate of drug-likeness (QED) is 0.544. The lowest BCUT2D eigenvalue weighted by atomic mass is 9.94. The summed E-state index contributed by atoms with van der Waals surface area (Å²) >= 11 is 24.6. The second-order valence-corrected chi connectivity index (χ2v) is 8.65. The number of urea groups is 1. The summed E-state index contributed by atoms with van der Waals surface area (Å²) < 4.78 is 1.64. The van der Waals surface area contributed by atoms with Crippen molar-refractivity contribution in [3.05, 3.63) is 73.3 Å². The minimum Gasteiger partial charge on any atom is -0.365 e. The summed E-state index contributed by atoms with van der Waals surface area (Å²) in [6.45, 7) is 0.577. The van der Waals surface area contributed by atoms with Crippen molar-refractivity contribution < 1.29 is 9.59 Å². The van der Waals surface area contributed by atoms with Crippen molar-refractivity contribution in [2.24, 2.45) is 11.5 Å². The Morgan fingerprint density at radius 2 is 1.61 bits per heavy atom. The molecule has 0 fully saturated rings.